The van der Waals surface area contributed by atoms with Crippen molar-refractivity contribution in [3.05, 3.63) is 27.7 Å². The minimum absolute atomic E-state index is 0.324. The Bertz CT molecular complexity index is 397. The Balaban J connectivity index is 2.43. The van der Waals surface area contributed by atoms with E-state index in [1.54, 1.807) is 0 Å². The summed E-state index contributed by atoms with van der Waals surface area (Å²) in [4.78, 5) is 0. The lowest BCUT2D eigenvalue weighted by Gasteiger charge is -2.34. The molecule has 2 nitrogen and oxygen atoms in total. The number of rotatable bonds is 1. The fourth-order valence-corrected chi connectivity index (χ4v) is 2.86. The lowest BCUT2D eigenvalue weighted by Crippen LogP contribution is -2.38. The third-order valence-electron chi connectivity index (χ3n) is 3.59. The average Bonchev–Trinajstić information content (AvgIpc) is 2.27. The van der Waals surface area contributed by atoms with E-state index in [0.717, 1.165) is 41.3 Å². The number of hydrogen-bond acceptors (Lipinski definition) is 2. The summed E-state index contributed by atoms with van der Waals surface area (Å²) in [6.07, 6.45) is 5.50. The summed E-state index contributed by atoms with van der Waals surface area (Å²) >= 11 is 3.42. The molecule has 3 N–H and O–H groups in total. The number of benzene rings is 1. The van der Waals surface area contributed by atoms with Gasteiger partial charge < -0.3 is 10.8 Å². The Labute approximate surface area is 105 Å². The number of aromatic hydroxyl groups is 1. The molecule has 16 heavy (non-hydrogen) atoms. The maximum Gasteiger partial charge on any atom is 0.135 e. The SMILES string of the molecule is Cc1ccc(C2(N)CCCCC2)c(O)c1Br. The second kappa shape index (κ2) is 4.38. The van der Waals surface area contributed by atoms with Gasteiger partial charge in [-0.05, 0) is 41.3 Å². The van der Waals surface area contributed by atoms with Gasteiger partial charge in [-0.2, -0.15) is 0 Å². The topological polar surface area (TPSA) is 46.2 Å². The number of phenols is 1. The van der Waals surface area contributed by atoms with E-state index in [1.165, 1.54) is 6.42 Å². The molecule has 0 heterocycles. The molecule has 0 bridgehead atoms. The Morgan fingerprint density at radius 3 is 2.50 bits per heavy atom. The zero-order valence-electron chi connectivity index (χ0n) is 9.59. The van der Waals surface area contributed by atoms with Crippen molar-refractivity contribution in [2.75, 3.05) is 0 Å². The van der Waals surface area contributed by atoms with Gasteiger partial charge in [0.05, 0.1) is 4.47 Å². The summed E-state index contributed by atoms with van der Waals surface area (Å²) in [5, 5.41) is 10.2. The van der Waals surface area contributed by atoms with Gasteiger partial charge in [-0.25, -0.2) is 0 Å². The van der Waals surface area contributed by atoms with E-state index < -0.39 is 0 Å². The summed E-state index contributed by atoms with van der Waals surface area (Å²) in [5.74, 6) is 0.324. The zero-order chi connectivity index (χ0) is 11.8. The molecular weight excluding hydrogens is 266 g/mol. The molecule has 0 amide bonds. The van der Waals surface area contributed by atoms with Crippen molar-refractivity contribution >= 4 is 15.9 Å². The van der Waals surface area contributed by atoms with Gasteiger partial charge in [0.2, 0.25) is 0 Å². The molecule has 0 aromatic heterocycles. The van der Waals surface area contributed by atoms with Crippen LogP contribution in [-0.2, 0) is 5.54 Å². The zero-order valence-corrected chi connectivity index (χ0v) is 11.2. The van der Waals surface area contributed by atoms with Crippen LogP contribution in [0.2, 0.25) is 0 Å². The molecular formula is C13H18BrNO. The normalized spacial score (nSPS) is 19.7. The van der Waals surface area contributed by atoms with Crippen molar-refractivity contribution in [1.82, 2.24) is 0 Å². The van der Waals surface area contributed by atoms with E-state index in [2.05, 4.69) is 15.9 Å². The van der Waals surface area contributed by atoms with E-state index in [-0.39, 0.29) is 5.54 Å². The summed E-state index contributed by atoms with van der Waals surface area (Å²) in [6.45, 7) is 1.97. The first-order valence-corrected chi connectivity index (χ1v) is 6.61. The van der Waals surface area contributed by atoms with Crippen molar-refractivity contribution < 1.29 is 5.11 Å². The Kier molecular flexibility index (Phi) is 3.27. The van der Waals surface area contributed by atoms with Crippen molar-refractivity contribution in [2.45, 2.75) is 44.6 Å². The van der Waals surface area contributed by atoms with Crippen LogP contribution in [0.25, 0.3) is 0 Å². The quantitative estimate of drug-likeness (QED) is 0.828. The molecule has 1 aromatic rings. The standard InChI is InChI=1S/C13H18BrNO/c1-9-5-6-10(12(16)11(9)14)13(15)7-3-2-4-8-13/h5-6,16H,2-4,7-8,15H2,1H3. The average molecular weight is 284 g/mol. The van der Waals surface area contributed by atoms with Crippen LogP contribution >= 0.6 is 15.9 Å². The highest BCUT2D eigenvalue weighted by Gasteiger charge is 2.32. The Morgan fingerprint density at radius 1 is 1.25 bits per heavy atom. The number of aryl methyl sites for hydroxylation is 1. The molecule has 1 saturated carbocycles. The van der Waals surface area contributed by atoms with Gasteiger partial charge in [0, 0.05) is 11.1 Å². The molecule has 88 valence electrons. The van der Waals surface area contributed by atoms with E-state index in [9.17, 15) is 5.11 Å². The molecule has 0 unspecified atom stereocenters. The van der Waals surface area contributed by atoms with Crippen molar-refractivity contribution in [3.63, 3.8) is 0 Å². The molecule has 0 spiro atoms. The lowest BCUT2D eigenvalue weighted by molar-refractivity contribution is 0.291. The van der Waals surface area contributed by atoms with Crippen molar-refractivity contribution in [3.8, 4) is 5.75 Å². The molecule has 1 aliphatic rings. The van der Waals surface area contributed by atoms with Crippen LogP contribution in [-0.4, -0.2) is 5.11 Å². The highest BCUT2D eigenvalue weighted by atomic mass is 79.9. The third kappa shape index (κ3) is 1.98. The summed E-state index contributed by atoms with van der Waals surface area (Å²) in [6, 6.07) is 3.99. The highest BCUT2D eigenvalue weighted by molar-refractivity contribution is 9.10. The minimum Gasteiger partial charge on any atom is -0.506 e. The first-order chi connectivity index (χ1) is 7.54. The summed E-state index contributed by atoms with van der Waals surface area (Å²) in [7, 11) is 0. The van der Waals surface area contributed by atoms with Gasteiger partial charge in [0.1, 0.15) is 5.75 Å². The number of halogens is 1. The molecule has 1 aromatic carbocycles. The van der Waals surface area contributed by atoms with Gasteiger partial charge in [0.25, 0.3) is 0 Å². The fraction of sp³-hybridized carbons (Fsp3) is 0.538. The Morgan fingerprint density at radius 2 is 1.88 bits per heavy atom. The molecule has 0 radical (unpaired) electrons. The van der Waals surface area contributed by atoms with Crippen LogP contribution in [0.5, 0.6) is 5.75 Å². The number of hydrogen-bond donors (Lipinski definition) is 2. The third-order valence-corrected chi connectivity index (χ3v) is 4.59. The first kappa shape index (κ1) is 11.9. The van der Waals surface area contributed by atoms with Crippen LogP contribution in [0, 0.1) is 6.92 Å². The van der Waals surface area contributed by atoms with E-state index in [4.69, 9.17) is 5.73 Å². The van der Waals surface area contributed by atoms with Crippen molar-refractivity contribution in [1.29, 1.82) is 0 Å². The molecule has 3 heteroatoms. The predicted molar refractivity (Wildman–Crippen MR) is 69.5 cm³/mol. The van der Waals surface area contributed by atoms with E-state index in [1.807, 2.05) is 19.1 Å². The van der Waals surface area contributed by atoms with Crippen LogP contribution in [0.3, 0.4) is 0 Å². The monoisotopic (exact) mass is 283 g/mol. The number of nitrogens with two attached hydrogens (primary N) is 1. The van der Waals surface area contributed by atoms with Crippen LogP contribution in [0.1, 0.15) is 43.2 Å². The molecule has 0 atom stereocenters. The van der Waals surface area contributed by atoms with Gasteiger partial charge in [0.15, 0.2) is 0 Å². The molecule has 2 rings (SSSR count). The summed E-state index contributed by atoms with van der Waals surface area (Å²) in [5.41, 5.74) is 8.02. The van der Waals surface area contributed by atoms with Crippen LogP contribution < -0.4 is 5.73 Å². The van der Waals surface area contributed by atoms with Crippen LogP contribution in [0.15, 0.2) is 16.6 Å². The minimum atomic E-state index is -0.335. The molecule has 1 fully saturated rings. The second-order valence-electron chi connectivity index (χ2n) is 4.81. The van der Waals surface area contributed by atoms with Gasteiger partial charge in [-0.1, -0.05) is 31.4 Å². The van der Waals surface area contributed by atoms with Gasteiger partial charge >= 0.3 is 0 Å². The summed E-state index contributed by atoms with van der Waals surface area (Å²) < 4.78 is 0.778. The second-order valence-corrected chi connectivity index (χ2v) is 5.60. The van der Waals surface area contributed by atoms with Crippen molar-refractivity contribution in [2.24, 2.45) is 5.73 Å². The van der Waals surface area contributed by atoms with E-state index >= 15 is 0 Å². The largest absolute Gasteiger partial charge is 0.506 e. The fourth-order valence-electron chi connectivity index (χ4n) is 2.52. The molecule has 0 saturated heterocycles. The van der Waals surface area contributed by atoms with E-state index in [0.29, 0.717) is 5.75 Å². The smallest absolute Gasteiger partial charge is 0.135 e. The Hall–Kier alpha value is -0.540. The van der Waals surface area contributed by atoms with Gasteiger partial charge in [-0.15, -0.1) is 0 Å². The first-order valence-electron chi connectivity index (χ1n) is 5.82. The number of phenolic OH excluding ortho intramolecular Hbond substituents is 1. The molecule has 1 aliphatic carbocycles. The van der Waals surface area contributed by atoms with Crippen LogP contribution in [0.4, 0.5) is 0 Å². The lowest BCUT2D eigenvalue weighted by atomic mass is 9.77. The van der Waals surface area contributed by atoms with Gasteiger partial charge in [-0.3, -0.25) is 0 Å². The molecule has 0 aliphatic heterocycles. The maximum absolute atomic E-state index is 10.2. The highest BCUT2D eigenvalue weighted by Crippen LogP contribution is 2.42. The maximum atomic E-state index is 10.2. The predicted octanol–water partition coefficient (Wildman–Crippen LogP) is 3.58.